The number of piperazine rings is 1. The molecule has 1 N–H and O–H groups in total. The molecule has 0 spiro atoms. The first-order chi connectivity index (χ1) is 6.93. The molecule has 1 aliphatic heterocycles. The SMILES string of the molecule is O=NN1CCNCC1.c1ccncc1. The minimum atomic E-state index is 0.753. The van der Waals surface area contributed by atoms with E-state index in [9.17, 15) is 4.91 Å². The van der Waals surface area contributed by atoms with Crippen LogP contribution in [-0.4, -0.2) is 36.2 Å². The summed E-state index contributed by atoms with van der Waals surface area (Å²) in [5, 5.41) is 7.42. The summed E-state index contributed by atoms with van der Waals surface area (Å²) < 4.78 is 0. The summed E-state index contributed by atoms with van der Waals surface area (Å²) in [6.07, 6.45) is 3.50. The summed E-state index contributed by atoms with van der Waals surface area (Å²) >= 11 is 0. The van der Waals surface area contributed by atoms with Crippen molar-refractivity contribution in [1.82, 2.24) is 15.3 Å². The number of nitrogens with zero attached hydrogens (tertiary/aromatic N) is 3. The van der Waals surface area contributed by atoms with Gasteiger partial charge in [-0.3, -0.25) is 9.99 Å². The van der Waals surface area contributed by atoms with Gasteiger partial charge in [0.2, 0.25) is 0 Å². The van der Waals surface area contributed by atoms with Crippen molar-refractivity contribution < 1.29 is 0 Å². The first-order valence-corrected chi connectivity index (χ1v) is 4.57. The van der Waals surface area contributed by atoms with Gasteiger partial charge >= 0.3 is 0 Å². The maximum Gasteiger partial charge on any atom is 0.0524 e. The van der Waals surface area contributed by atoms with Gasteiger partial charge < -0.3 is 5.32 Å². The average molecular weight is 194 g/mol. The van der Waals surface area contributed by atoms with Gasteiger partial charge in [-0.15, -0.1) is 4.91 Å². The van der Waals surface area contributed by atoms with Crippen LogP contribution >= 0.6 is 0 Å². The summed E-state index contributed by atoms with van der Waals surface area (Å²) in [5.41, 5.74) is 0. The van der Waals surface area contributed by atoms with Crippen molar-refractivity contribution in [2.75, 3.05) is 26.2 Å². The van der Waals surface area contributed by atoms with Crippen LogP contribution in [0.3, 0.4) is 0 Å². The van der Waals surface area contributed by atoms with Gasteiger partial charge in [0.05, 0.1) is 18.4 Å². The van der Waals surface area contributed by atoms with Gasteiger partial charge in [-0.25, -0.2) is 0 Å². The zero-order chi connectivity index (χ0) is 10.1. The van der Waals surface area contributed by atoms with E-state index in [1.165, 1.54) is 5.01 Å². The van der Waals surface area contributed by atoms with Gasteiger partial charge in [-0.05, 0) is 12.1 Å². The minimum Gasteiger partial charge on any atom is -0.313 e. The molecule has 0 saturated carbocycles. The van der Waals surface area contributed by atoms with Crippen molar-refractivity contribution in [2.45, 2.75) is 0 Å². The van der Waals surface area contributed by atoms with Crippen molar-refractivity contribution in [3.05, 3.63) is 35.5 Å². The molecule has 76 valence electrons. The minimum absolute atomic E-state index is 0.753. The number of pyridine rings is 1. The third-order valence-electron chi connectivity index (χ3n) is 1.78. The molecule has 0 unspecified atom stereocenters. The zero-order valence-corrected chi connectivity index (χ0v) is 7.97. The summed E-state index contributed by atoms with van der Waals surface area (Å²) in [4.78, 5) is 13.6. The molecule has 2 rings (SSSR count). The fourth-order valence-corrected chi connectivity index (χ4v) is 1.05. The Hall–Kier alpha value is -1.49. The van der Waals surface area contributed by atoms with E-state index < -0.39 is 0 Å². The highest BCUT2D eigenvalue weighted by Gasteiger charge is 2.05. The fourth-order valence-electron chi connectivity index (χ4n) is 1.05. The lowest BCUT2D eigenvalue weighted by atomic mass is 10.4. The lowest BCUT2D eigenvalue weighted by Crippen LogP contribution is -2.40. The summed E-state index contributed by atoms with van der Waals surface area (Å²) in [5.74, 6) is 0. The molecule has 5 heteroatoms. The van der Waals surface area contributed by atoms with Crippen LogP contribution in [0, 0.1) is 4.91 Å². The summed E-state index contributed by atoms with van der Waals surface area (Å²) in [6.45, 7) is 3.27. The highest BCUT2D eigenvalue weighted by Crippen LogP contribution is 1.89. The second kappa shape index (κ2) is 6.97. The standard InChI is InChI=1S/C5H5N.C4H9N3O/c1-2-4-6-5-3-1;8-6-7-3-1-5-2-4-7/h1-5H;5H,1-4H2. The second-order valence-corrected chi connectivity index (χ2v) is 2.81. The van der Waals surface area contributed by atoms with Gasteiger partial charge in [-0.1, -0.05) is 6.07 Å². The molecule has 1 aliphatic rings. The number of hydrogen-bond donors (Lipinski definition) is 1. The fraction of sp³-hybridized carbons (Fsp3) is 0.444. The van der Waals surface area contributed by atoms with Crippen LogP contribution in [0.25, 0.3) is 0 Å². The molecule has 1 saturated heterocycles. The Balaban J connectivity index is 0.000000146. The summed E-state index contributed by atoms with van der Waals surface area (Å²) in [6, 6.07) is 5.72. The van der Waals surface area contributed by atoms with Crippen LogP contribution in [0.5, 0.6) is 0 Å². The number of hydrogen-bond acceptors (Lipinski definition) is 4. The normalized spacial score (nSPS) is 15.3. The van der Waals surface area contributed by atoms with Gasteiger partial charge in [0.15, 0.2) is 0 Å². The molecule has 14 heavy (non-hydrogen) atoms. The molecule has 1 fully saturated rings. The molecule has 0 amide bonds. The Labute approximate surface area is 83.1 Å². The Kier molecular flexibility index (Phi) is 5.27. The molecule has 0 atom stereocenters. The number of nitrogens with one attached hydrogen (secondary N) is 1. The predicted octanol–water partition coefficient (Wildman–Crippen LogP) is 0.655. The first-order valence-electron chi connectivity index (χ1n) is 4.57. The third-order valence-corrected chi connectivity index (χ3v) is 1.78. The van der Waals surface area contributed by atoms with E-state index in [4.69, 9.17) is 0 Å². The highest BCUT2D eigenvalue weighted by molar-refractivity contribution is 4.88. The Morgan fingerprint density at radius 1 is 1.14 bits per heavy atom. The first kappa shape index (κ1) is 10.6. The molecular formula is C9H14N4O. The van der Waals surface area contributed by atoms with E-state index in [2.05, 4.69) is 15.6 Å². The van der Waals surface area contributed by atoms with E-state index in [0.717, 1.165) is 26.2 Å². The number of aromatic nitrogens is 1. The molecule has 1 aromatic heterocycles. The monoisotopic (exact) mass is 194 g/mol. The molecule has 0 bridgehead atoms. The smallest absolute Gasteiger partial charge is 0.0524 e. The van der Waals surface area contributed by atoms with Crippen LogP contribution < -0.4 is 5.32 Å². The Morgan fingerprint density at radius 2 is 1.79 bits per heavy atom. The van der Waals surface area contributed by atoms with Crippen LogP contribution in [0.4, 0.5) is 0 Å². The predicted molar refractivity (Wildman–Crippen MR) is 54.5 cm³/mol. The lowest BCUT2D eigenvalue weighted by Gasteiger charge is -2.20. The van der Waals surface area contributed by atoms with Crippen LogP contribution in [0.15, 0.2) is 35.9 Å². The van der Waals surface area contributed by atoms with E-state index in [-0.39, 0.29) is 0 Å². The largest absolute Gasteiger partial charge is 0.313 e. The average Bonchev–Trinajstić information content (AvgIpc) is 2.33. The number of rotatable bonds is 1. The lowest BCUT2D eigenvalue weighted by molar-refractivity contribution is 0.248. The van der Waals surface area contributed by atoms with Crippen molar-refractivity contribution in [3.63, 3.8) is 0 Å². The van der Waals surface area contributed by atoms with Crippen LogP contribution in [0.1, 0.15) is 0 Å². The molecule has 0 radical (unpaired) electrons. The molecule has 0 aromatic carbocycles. The molecular weight excluding hydrogens is 180 g/mol. The molecule has 2 heterocycles. The highest BCUT2D eigenvalue weighted by atomic mass is 16.3. The maximum absolute atomic E-state index is 9.81. The van der Waals surface area contributed by atoms with Crippen molar-refractivity contribution in [1.29, 1.82) is 0 Å². The van der Waals surface area contributed by atoms with E-state index in [0.29, 0.717) is 0 Å². The molecule has 5 nitrogen and oxygen atoms in total. The van der Waals surface area contributed by atoms with Gasteiger partial charge in [0.1, 0.15) is 0 Å². The number of nitroso groups, excluding NO2 is 1. The maximum atomic E-state index is 9.81. The molecule has 0 aliphatic carbocycles. The van der Waals surface area contributed by atoms with Crippen LogP contribution in [-0.2, 0) is 0 Å². The van der Waals surface area contributed by atoms with Gasteiger partial charge in [-0.2, -0.15) is 0 Å². The topological polar surface area (TPSA) is 57.6 Å². The zero-order valence-electron chi connectivity index (χ0n) is 7.97. The van der Waals surface area contributed by atoms with Crippen molar-refractivity contribution >= 4 is 0 Å². The molecule has 1 aromatic rings. The second-order valence-electron chi connectivity index (χ2n) is 2.81. The van der Waals surface area contributed by atoms with E-state index >= 15 is 0 Å². The Bertz CT molecular complexity index is 209. The van der Waals surface area contributed by atoms with Crippen LogP contribution in [0.2, 0.25) is 0 Å². The summed E-state index contributed by atoms with van der Waals surface area (Å²) in [7, 11) is 0. The van der Waals surface area contributed by atoms with Gasteiger partial charge in [0, 0.05) is 25.5 Å². The van der Waals surface area contributed by atoms with Crippen molar-refractivity contribution in [3.8, 4) is 0 Å². The quantitative estimate of drug-likeness (QED) is 0.667. The Morgan fingerprint density at radius 3 is 2.07 bits per heavy atom. The van der Waals surface area contributed by atoms with Crippen molar-refractivity contribution in [2.24, 2.45) is 5.29 Å². The van der Waals surface area contributed by atoms with Gasteiger partial charge in [0.25, 0.3) is 0 Å². The van der Waals surface area contributed by atoms with E-state index in [1.807, 2.05) is 18.2 Å². The third kappa shape index (κ3) is 4.51. The van der Waals surface area contributed by atoms with E-state index in [1.54, 1.807) is 12.4 Å².